The van der Waals surface area contributed by atoms with Gasteiger partial charge in [-0.25, -0.2) is 4.68 Å². The first kappa shape index (κ1) is 14.4. The van der Waals surface area contributed by atoms with E-state index in [-0.39, 0.29) is 0 Å². The third-order valence-electron chi connectivity index (χ3n) is 4.11. The number of hydrogen-bond donors (Lipinski definition) is 1. The van der Waals surface area contributed by atoms with Crippen molar-refractivity contribution in [3.8, 4) is 0 Å². The predicted molar refractivity (Wildman–Crippen MR) is 75.6 cm³/mol. The highest BCUT2D eigenvalue weighted by molar-refractivity contribution is 4.86. The maximum Gasteiger partial charge on any atom is 0.165 e. The van der Waals surface area contributed by atoms with E-state index < -0.39 is 0 Å². The summed E-state index contributed by atoms with van der Waals surface area (Å²) >= 11 is 0. The lowest BCUT2D eigenvalue weighted by Crippen LogP contribution is -2.26. The van der Waals surface area contributed by atoms with Crippen LogP contribution in [0.5, 0.6) is 0 Å². The Balaban J connectivity index is 1.93. The zero-order valence-corrected chi connectivity index (χ0v) is 12.5. The summed E-state index contributed by atoms with van der Waals surface area (Å²) in [5.41, 5.74) is 0. The molecule has 0 aromatic carbocycles. The summed E-state index contributed by atoms with van der Waals surface area (Å²) in [7, 11) is 0. The topological polar surface area (TPSA) is 55.6 Å². The summed E-state index contributed by atoms with van der Waals surface area (Å²) < 4.78 is 2.03. The number of nitrogens with zero attached hydrogens (tertiary/aromatic N) is 4. The van der Waals surface area contributed by atoms with Crippen LogP contribution in [0.15, 0.2) is 0 Å². The van der Waals surface area contributed by atoms with E-state index in [1.165, 1.54) is 32.1 Å². The lowest BCUT2D eigenvalue weighted by Gasteiger charge is -2.27. The van der Waals surface area contributed by atoms with Gasteiger partial charge in [-0.3, -0.25) is 0 Å². The predicted octanol–water partition coefficient (Wildman–Crippen LogP) is 2.56. The van der Waals surface area contributed by atoms with Crippen molar-refractivity contribution in [2.24, 2.45) is 11.8 Å². The third kappa shape index (κ3) is 4.00. The number of tetrazole rings is 1. The fraction of sp³-hybridized carbons (Fsp3) is 0.929. The van der Waals surface area contributed by atoms with Gasteiger partial charge >= 0.3 is 0 Å². The Labute approximate surface area is 116 Å². The van der Waals surface area contributed by atoms with Crippen molar-refractivity contribution in [3.05, 3.63) is 5.82 Å². The summed E-state index contributed by atoms with van der Waals surface area (Å²) in [4.78, 5) is 0. The van der Waals surface area contributed by atoms with Crippen LogP contribution < -0.4 is 5.32 Å². The van der Waals surface area contributed by atoms with Gasteiger partial charge in [0.25, 0.3) is 0 Å². The molecule has 1 aromatic rings. The highest BCUT2D eigenvalue weighted by Gasteiger charge is 2.24. The Morgan fingerprint density at radius 3 is 2.63 bits per heavy atom. The van der Waals surface area contributed by atoms with Gasteiger partial charge in [0.2, 0.25) is 0 Å². The zero-order valence-electron chi connectivity index (χ0n) is 12.5. The minimum absolute atomic E-state index is 0.422. The van der Waals surface area contributed by atoms with Gasteiger partial charge in [0.1, 0.15) is 0 Å². The molecule has 19 heavy (non-hydrogen) atoms. The van der Waals surface area contributed by atoms with Gasteiger partial charge in [-0.2, -0.15) is 0 Å². The van der Waals surface area contributed by atoms with E-state index in [0.29, 0.717) is 12.0 Å². The van der Waals surface area contributed by atoms with Gasteiger partial charge in [-0.05, 0) is 48.6 Å². The Hall–Kier alpha value is -0.970. The van der Waals surface area contributed by atoms with Crippen molar-refractivity contribution >= 4 is 0 Å². The fourth-order valence-corrected chi connectivity index (χ4v) is 2.93. The second kappa shape index (κ2) is 6.98. The van der Waals surface area contributed by atoms with Crippen molar-refractivity contribution < 1.29 is 0 Å². The number of rotatable bonds is 6. The number of hydrogen-bond acceptors (Lipinski definition) is 4. The maximum absolute atomic E-state index is 4.20. The fourth-order valence-electron chi connectivity index (χ4n) is 2.93. The molecule has 2 rings (SSSR count). The molecule has 0 amide bonds. The van der Waals surface area contributed by atoms with E-state index in [2.05, 4.69) is 41.6 Å². The molecule has 1 unspecified atom stereocenters. The molecule has 0 aliphatic heterocycles. The standard InChI is InChI=1S/C14H27N5/c1-11(2)9-15-10-14-16-17-18-19(14)12(3)13-7-5-4-6-8-13/h11-13,15H,4-10H2,1-3H3. The van der Waals surface area contributed by atoms with E-state index in [1.54, 1.807) is 0 Å². The van der Waals surface area contributed by atoms with Crippen LogP contribution in [0.2, 0.25) is 0 Å². The second-order valence-electron chi connectivity index (χ2n) is 6.20. The van der Waals surface area contributed by atoms with Crippen molar-refractivity contribution in [1.82, 2.24) is 25.5 Å². The van der Waals surface area contributed by atoms with Gasteiger partial charge < -0.3 is 5.32 Å². The smallest absolute Gasteiger partial charge is 0.165 e. The molecule has 0 saturated heterocycles. The lowest BCUT2D eigenvalue weighted by atomic mass is 9.84. The molecule has 1 saturated carbocycles. The summed E-state index contributed by atoms with van der Waals surface area (Å²) in [6.45, 7) is 8.45. The first-order valence-corrected chi connectivity index (χ1v) is 7.66. The van der Waals surface area contributed by atoms with Crippen molar-refractivity contribution in [2.45, 2.75) is 65.5 Å². The summed E-state index contributed by atoms with van der Waals surface area (Å²) in [5, 5.41) is 15.7. The van der Waals surface area contributed by atoms with Crippen LogP contribution in [0.3, 0.4) is 0 Å². The summed E-state index contributed by atoms with van der Waals surface area (Å²) in [6, 6.07) is 0.422. The Kier molecular flexibility index (Phi) is 5.31. The molecule has 0 bridgehead atoms. The summed E-state index contributed by atoms with van der Waals surface area (Å²) in [5.74, 6) is 2.36. The molecular formula is C14H27N5. The molecule has 1 atom stereocenters. The minimum atomic E-state index is 0.422. The average Bonchev–Trinajstić information content (AvgIpc) is 2.87. The van der Waals surface area contributed by atoms with E-state index in [1.807, 2.05) is 4.68 Å². The minimum Gasteiger partial charge on any atom is -0.310 e. The molecule has 1 heterocycles. The molecule has 0 radical (unpaired) electrons. The van der Waals surface area contributed by atoms with E-state index in [4.69, 9.17) is 0 Å². The number of aromatic nitrogens is 4. The van der Waals surface area contributed by atoms with E-state index >= 15 is 0 Å². The largest absolute Gasteiger partial charge is 0.310 e. The van der Waals surface area contributed by atoms with Gasteiger partial charge in [0.05, 0.1) is 12.6 Å². The monoisotopic (exact) mass is 265 g/mol. The SMILES string of the molecule is CC(C)CNCc1nnnn1C(C)C1CCCCC1. The molecular weight excluding hydrogens is 238 g/mol. The van der Waals surface area contributed by atoms with Crippen LogP contribution in [0.25, 0.3) is 0 Å². The molecule has 1 N–H and O–H groups in total. The Bertz CT molecular complexity index is 368. The average molecular weight is 265 g/mol. The molecule has 1 aromatic heterocycles. The highest BCUT2D eigenvalue weighted by Crippen LogP contribution is 2.32. The second-order valence-corrected chi connectivity index (χ2v) is 6.20. The molecule has 108 valence electrons. The summed E-state index contributed by atoms with van der Waals surface area (Å²) in [6.07, 6.45) is 6.75. The van der Waals surface area contributed by atoms with Gasteiger partial charge in [-0.15, -0.1) is 5.10 Å². The van der Waals surface area contributed by atoms with Gasteiger partial charge in [0.15, 0.2) is 5.82 Å². The van der Waals surface area contributed by atoms with Gasteiger partial charge in [0, 0.05) is 0 Å². The highest BCUT2D eigenvalue weighted by atomic mass is 15.6. The molecule has 5 heteroatoms. The quantitative estimate of drug-likeness (QED) is 0.859. The lowest BCUT2D eigenvalue weighted by molar-refractivity contribution is 0.242. The Morgan fingerprint density at radius 2 is 1.95 bits per heavy atom. The zero-order chi connectivity index (χ0) is 13.7. The molecule has 1 aliphatic rings. The van der Waals surface area contributed by atoms with Crippen molar-refractivity contribution in [2.75, 3.05) is 6.54 Å². The van der Waals surface area contributed by atoms with Crippen LogP contribution in [-0.2, 0) is 6.54 Å². The van der Waals surface area contributed by atoms with Crippen molar-refractivity contribution in [3.63, 3.8) is 0 Å². The normalized spacial score (nSPS) is 18.9. The third-order valence-corrected chi connectivity index (χ3v) is 4.11. The van der Waals surface area contributed by atoms with Crippen LogP contribution in [0.4, 0.5) is 0 Å². The van der Waals surface area contributed by atoms with E-state index in [0.717, 1.165) is 24.8 Å². The number of nitrogens with one attached hydrogen (secondary N) is 1. The van der Waals surface area contributed by atoms with Crippen LogP contribution in [-0.4, -0.2) is 26.8 Å². The molecule has 1 fully saturated rings. The first-order chi connectivity index (χ1) is 9.18. The van der Waals surface area contributed by atoms with Crippen LogP contribution in [0, 0.1) is 11.8 Å². The van der Waals surface area contributed by atoms with Crippen LogP contribution >= 0.6 is 0 Å². The molecule has 1 aliphatic carbocycles. The first-order valence-electron chi connectivity index (χ1n) is 7.66. The van der Waals surface area contributed by atoms with Crippen LogP contribution in [0.1, 0.15) is 64.7 Å². The maximum atomic E-state index is 4.20. The molecule has 5 nitrogen and oxygen atoms in total. The Morgan fingerprint density at radius 1 is 1.21 bits per heavy atom. The van der Waals surface area contributed by atoms with Crippen molar-refractivity contribution in [1.29, 1.82) is 0 Å². The van der Waals surface area contributed by atoms with E-state index in [9.17, 15) is 0 Å². The van der Waals surface area contributed by atoms with Gasteiger partial charge in [-0.1, -0.05) is 33.1 Å². The molecule has 0 spiro atoms.